The molecule has 0 saturated heterocycles. The van der Waals surface area contributed by atoms with Gasteiger partial charge in [-0.05, 0) is 33.4 Å². The Bertz CT molecular complexity index is 599. The Morgan fingerprint density at radius 3 is 2.78 bits per heavy atom. The number of hydrogen-bond donors (Lipinski definition) is 1. The zero-order valence-electron chi connectivity index (χ0n) is 11.0. The molecule has 1 N–H and O–H groups in total. The maximum atomic E-state index is 4.68. The van der Waals surface area contributed by atoms with E-state index < -0.39 is 0 Å². The van der Waals surface area contributed by atoms with E-state index in [2.05, 4.69) is 54.7 Å². The van der Waals surface area contributed by atoms with Gasteiger partial charge >= 0.3 is 0 Å². The smallest absolute Gasteiger partial charge is 0.0942 e. The summed E-state index contributed by atoms with van der Waals surface area (Å²) >= 11 is 0. The first-order valence-electron chi connectivity index (χ1n) is 5.86. The maximum Gasteiger partial charge on any atom is 0.0942 e. The average Bonchev–Trinajstić information content (AvgIpc) is 2.56. The van der Waals surface area contributed by atoms with Crippen LogP contribution in [-0.2, 0) is 25.8 Å². The van der Waals surface area contributed by atoms with E-state index in [-0.39, 0.29) is 25.8 Å². The van der Waals surface area contributed by atoms with Crippen LogP contribution in [0.5, 0.6) is 0 Å². The van der Waals surface area contributed by atoms with Gasteiger partial charge in [0.15, 0.2) is 0 Å². The Labute approximate surface area is 121 Å². The van der Waals surface area contributed by atoms with Crippen molar-refractivity contribution in [2.75, 3.05) is 5.32 Å². The van der Waals surface area contributed by atoms with Crippen LogP contribution >= 0.6 is 0 Å². The molecule has 0 atom stereocenters. The van der Waals surface area contributed by atoms with E-state index in [4.69, 9.17) is 0 Å². The van der Waals surface area contributed by atoms with Gasteiger partial charge in [0.2, 0.25) is 0 Å². The van der Waals surface area contributed by atoms with Crippen molar-refractivity contribution in [3.05, 3.63) is 35.7 Å². The number of aromatic nitrogens is 2. The van der Waals surface area contributed by atoms with Gasteiger partial charge in [0.05, 0.1) is 11.5 Å². The molecule has 0 bridgehead atoms. The molecule has 1 aromatic heterocycles. The van der Waals surface area contributed by atoms with Gasteiger partial charge in [-0.1, -0.05) is 5.56 Å². The van der Waals surface area contributed by atoms with E-state index in [1.165, 1.54) is 5.69 Å². The molecule has 0 unspecified atom stereocenters. The third-order valence-corrected chi connectivity index (χ3v) is 3.42. The van der Waals surface area contributed by atoms with Crippen molar-refractivity contribution in [2.45, 2.75) is 33.4 Å². The van der Waals surface area contributed by atoms with Crippen molar-refractivity contribution in [3.8, 4) is 11.4 Å². The van der Waals surface area contributed by atoms with Crippen LogP contribution in [0.15, 0.2) is 18.2 Å². The number of imidazole rings is 1. The fraction of sp³-hybridized carbons (Fsp3) is 0.357. The van der Waals surface area contributed by atoms with Gasteiger partial charge in [0, 0.05) is 31.5 Å². The van der Waals surface area contributed by atoms with Crippen molar-refractivity contribution < 1.29 is 20.1 Å². The van der Waals surface area contributed by atoms with Gasteiger partial charge in [0.25, 0.3) is 0 Å². The number of nitrogens with zero attached hydrogens (tertiary/aromatic N) is 2. The van der Waals surface area contributed by atoms with Crippen molar-refractivity contribution in [1.82, 2.24) is 9.55 Å². The first-order valence-corrected chi connectivity index (χ1v) is 5.86. The van der Waals surface area contributed by atoms with Gasteiger partial charge in [-0.3, -0.25) is 4.98 Å². The summed E-state index contributed by atoms with van der Waals surface area (Å²) < 4.78 is 2.25. The van der Waals surface area contributed by atoms with Crippen molar-refractivity contribution in [3.63, 3.8) is 0 Å². The number of rotatable bonds is 0. The molecule has 0 fully saturated rings. The minimum atomic E-state index is -0.150. The van der Waals surface area contributed by atoms with Crippen LogP contribution in [0.25, 0.3) is 11.4 Å². The molecule has 97 valence electrons. The van der Waals surface area contributed by atoms with E-state index in [1.807, 2.05) is 12.1 Å². The molecular weight excluding hydrogens is 402 g/mol. The van der Waals surface area contributed by atoms with Crippen molar-refractivity contribution >= 4 is 5.69 Å². The number of aryl methyl sites for hydroxylation is 1. The van der Waals surface area contributed by atoms with Gasteiger partial charge in [0.1, 0.15) is 0 Å². The second-order valence-electron chi connectivity index (χ2n) is 5.08. The summed E-state index contributed by atoms with van der Waals surface area (Å²) in [4.78, 5) is 4.68. The Morgan fingerprint density at radius 2 is 2.06 bits per heavy atom. The molecule has 3 rings (SSSR count). The molecule has 1 aromatic carbocycles. The Kier molecular flexibility index (Phi) is 3.12. The number of nitrogens with one attached hydrogen (secondary N) is 1. The zero-order chi connectivity index (χ0) is 12.2. The largest absolute Gasteiger partial charge is 0.403 e. The topological polar surface area (TPSA) is 29.9 Å². The van der Waals surface area contributed by atoms with Crippen molar-refractivity contribution in [2.24, 2.45) is 0 Å². The molecule has 0 saturated carbocycles. The number of fused-ring (bicyclic) bond motifs is 3. The fourth-order valence-corrected chi connectivity index (χ4v) is 2.57. The van der Waals surface area contributed by atoms with Crippen LogP contribution < -0.4 is 5.32 Å². The van der Waals surface area contributed by atoms with E-state index in [0.29, 0.717) is 0 Å². The quantitative estimate of drug-likeness (QED) is 0.667. The summed E-state index contributed by atoms with van der Waals surface area (Å²) in [5.41, 5.74) is 4.31. The molecule has 1 radical (unpaired) electrons. The predicted molar refractivity (Wildman–Crippen MR) is 68.9 cm³/mol. The van der Waals surface area contributed by atoms with E-state index in [0.717, 1.165) is 22.8 Å². The van der Waals surface area contributed by atoms with Gasteiger partial charge in [-0.2, -0.15) is 0 Å². The molecule has 0 spiro atoms. The second-order valence-corrected chi connectivity index (χ2v) is 5.08. The van der Waals surface area contributed by atoms with Gasteiger partial charge in [-0.25, -0.2) is 0 Å². The Balaban J connectivity index is 0.00000120. The normalized spacial score (nSPS) is 15.1. The first-order chi connectivity index (χ1) is 8.00. The number of anilines is 1. The minimum absolute atomic E-state index is 0. The van der Waals surface area contributed by atoms with Crippen LogP contribution in [0.4, 0.5) is 5.69 Å². The van der Waals surface area contributed by atoms with Crippen LogP contribution in [0.3, 0.4) is 0 Å². The fourth-order valence-electron chi connectivity index (χ4n) is 2.57. The van der Waals surface area contributed by atoms with Gasteiger partial charge < -0.3 is 9.88 Å². The van der Waals surface area contributed by atoms with Crippen LogP contribution in [0.1, 0.15) is 25.2 Å². The summed E-state index contributed by atoms with van der Waals surface area (Å²) in [6.07, 6.45) is 0. The standard InChI is InChI=1S/C14H16N3.Ir/c1-9-10(2)17-13(15-9)11-7-5-6-8-12(11)16-14(17,3)4;/h5-6,8,16H,1-4H3;/q-1;. The molecule has 0 amide bonds. The van der Waals surface area contributed by atoms with Crippen LogP contribution in [0.2, 0.25) is 0 Å². The monoisotopic (exact) mass is 419 g/mol. The number of benzene rings is 1. The minimum Gasteiger partial charge on any atom is -0.403 e. The first kappa shape index (κ1) is 13.3. The Hall–Kier alpha value is -1.12. The van der Waals surface area contributed by atoms with E-state index in [9.17, 15) is 0 Å². The SMILES string of the molecule is Cc1nc2n(c1C)C(C)(C)Nc1ccc[c-]c1-2.[Ir]. The summed E-state index contributed by atoms with van der Waals surface area (Å²) in [6.45, 7) is 8.50. The molecule has 3 nitrogen and oxygen atoms in total. The molecule has 2 aromatic rings. The van der Waals surface area contributed by atoms with E-state index >= 15 is 0 Å². The zero-order valence-corrected chi connectivity index (χ0v) is 13.4. The van der Waals surface area contributed by atoms with E-state index in [1.54, 1.807) is 0 Å². The number of hydrogen-bond acceptors (Lipinski definition) is 2. The molecule has 4 heteroatoms. The molecule has 0 aliphatic carbocycles. The second kappa shape index (κ2) is 4.22. The maximum absolute atomic E-state index is 4.68. The summed E-state index contributed by atoms with van der Waals surface area (Å²) in [6, 6.07) is 9.29. The average molecular weight is 419 g/mol. The van der Waals surface area contributed by atoms with Crippen molar-refractivity contribution in [1.29, 1.82) is 0 Å². The molecule has 1 aliphatic rings. The van der Waals surface area contributed by atoms with Crippen LogP contribution in [0, 0.1) is 19.9 Å². The van der Waals surface area contributed by atoms with Crippen LogP contribution in [-0.4, -0.2) is 9.55 Å². The predicted octanol–water partition coefficient (Wildman–Crippen LogP) is 3.08. The summed E-state index contributed by atoms with van der Waals surface area (Å²) in [7, 11) is 0. The Morgan fingerprint density at radius 1 is 1.33 bits per heavy atom. The molecule has 1 aliphatic heterocycles. The molecule has 2 heterocycles. The third kappa shape index (κ3) is 1.72. The van der Waals surface area contributed by atoms with Gasteiger partial charge in [-0.15, -0.1) is 24.3 Å². The summed E-state index contributed by atoms with van der Waals surface area (Å²) in [5.74, 6) is 1.01. The third-order valence-electron chi connectivity index (χ3n) is 3.42. The summed E-state index contributed by atoms with van der Waals surface area (Å²) in [5, 5.41) is 3.54. The molecular formula is C14H16IrN3-. The molecule has 18 heavy (non-hydrogen) atoms.